The summed E-state index contributed by atoms with van der Waals surface area (Å²) in [5, 5.41) is 9.55. The number of pyridine rings is 1. The van der Waals surface area contributed by atoms with Crippen molar-refractivity contribution in [3.8, 4) is 0 Å². The normalized spacial score (nSPS) is 15.5. The van der Waals surface area contributed by atoms with Gasteiger partial charge in [-0.25, -0.2) is 4.98 Å². The molecule has 3 heterocycles. The van der Waals surface area contributed by atoms with Crippen molar-refractivity contribution in [1.82, 2.24) is 10.3 Å². The van der Waals surface area contributed by atoms with Crippen LogP contribution in [0.3, 0.4) is 0 Å². The summed E-state index contributed by atoms with van der Waals surface area (Å²) in [5.74, 6) is 0.929. The van der Waals surface area contributed by atoms with Crippen LogP contribution in [0.25, 0.3) is 10.8 Å². The number of carbonyl (C=O) groups is 1. The van der Waals surface area contributed by atoms with E-state index in [1.54, 1.807) is 0 Å². The fourth-order valence-electron chi connectivity index (χ4n) is 3.22. The third-order valence-electron chi connectivity index (χ3n) is 4.62. The molecule has 1 aliphatic rings. The molecule has 0 aliphatic carbocycles. The predicted octanol–water partition coefficient (Wildman–Crippen LogP) is 4.35. The van der Waals surface area contributed by atoms with Gasteiger partial charge in [0.25, 0.3) is 5.91 Å². The van der Waals surface area contributed by atoms with E-state index in [-0.39, 0.29) is 11.9 Å². The Balaban J connectivity index is 1.43. The van der Waals surface area contributed by atoms with Crippen molar-refractivity contribution in [3.63, 3.8) is 0 Å². The van der Waals surface area contributed by atoms with Crippen molar-refractivity contribution < 1.29 is 4.79 Å². The lowest BCUT2D eigenvalue weighted by Gasteiger charge is -2.33. The predicted molar refractivity (Wildman–Crippen MR) is 104 cm³/mol. The van der Waals surface area contributed by atoms with Crippen LogP contribution in [0, 0.1) is 0 Å². The molecule has 25 heavy (non-hydrogen) atoms. The number of anilines is 1. The zero-order valence-electron chi connectivity index (χ0n) is 13.6. The third kappa shape index (κ3) is 3.48. The van der Waals surface area contributed by atoms with Crippen LogP contribution in [0.4, 0.5) is 5.82 Å². The van der Waals surface area contributed by atoms with E-state index in [9.17, 15) is 4.79 Å². The molecule has 0 bridgehead atoms. The number of nitrogens with one attached hydrogen (secondary N) is 1. The monoisotopic (exact) mass is 371 g/mol. The first-order valence-electron chi connectivity index (χ1n) is 8.34. The standard InChI is InChI=1S/C19H18ClN3OS/c20-18-16-4-2-1-3-13(16)11-17(22-18)23-8-5-15(6-9-23)21-19(24)14-7-10-25-12-14/h1-4,7,10-12,15H,5-6,8-9H2,(H,21,24). The first kappa shape index (κ1) is 16.4. The number of hydrogen-bond acceptors (Lipinski definition) is 4. The number of benzene rings is 1. The van der Waals surface area contributed by atoms with Crippen LogP contribution in [0.15, 0.2) is 47.2 Å². The smallest absolute Gasteiger partial charge is 0.252 e. The van der Waals surface area contributed by atoms with Gasteiger partial charge in [-0.05, 0) is 35.7 Å². The zero-order chi connectivity index (χ0) is 17.2. The topological polar surface area (TPSA) is 45.2 Å². The second kappa shape index (κ2) is 7.02. The number of aromatic nitrogens is 1. The highest BCUT2D eigenvalue weighted by Crippen LogP contribution is 2.27. The Kier molecular flexibility index (Phi) is 4.59. The highest BCUT2D eigenvalue weighted by Gasteiger charge is 2.22. The number of carbonyl (C=O) groups excluding carboxylic acids is 1. The van der Waals surface area contributed by atoms with E-state index >= 15 is 0 Å². The fourth-order valence-corrected chi connectivity index (χ4v) is 4.11. The maximum Gasteiger partial charge on any atom is 0.252 e. The average Bonchev–Trinajstić information content (AvgIpc) is 3.17. The number of nitrogens with zero attached hydrogens (tertiary/aromatic N) is 2. The first-order chi connectivity index (χ1) is 12.2. The third-order valence-corrected chi connectivity index (χ3v) is 5.59. The Bertz CT molecular complexity index is 889. The SMILES string of the molecule is O=C(NC1CCN(c2cc3ccccc3c(Cl)n2)CC1)c1ccsc1. The van der Waals surface area contributed by atoms with Gasteiger partial charge >= 0.3 is 0 Å². The van der Waals surface area contributed by atoms with Crippen LogP contribution < -0.4 is 10.2 Å². The van der Waals surface area contributed by atoms with Crippen LogP contribution in [0.1, 0.15) is 23.2 Å². The van der Waals surface area contributed by atoms with Gasteiger partial charge in [-0.1, -0.05) is 35.9 Å². The number of hydrogen-bond donors (Lipinski definition) is 1. The summed E-state index contributed by atoms with van der Waals surface area (Å²) in [6, 6.07) is 12.2. The van der Waals surface area contributed by atoms with E-state index in [2.05, 4.69) is 27.3 Å². The Morgan fingerprint density at radius 1 is 1.24 bits per heavy atom. The summed E-state index contributed by atoms with van der Waals surface area (Å²) < 4.78 is 0. The lowest BCUT2D eigenvalue weighted by molar-refractivity contribution is 0.0931. The Labute approximate surface area is 155 Å². The number of rotatable bonds is 3. The van der Waals surface area contributed by atoms with E-state index in [1.165, 1.54) is 11.3 Å². The maximum absolute atomic E-state index is 12.2. The average molecular weight is 372 g/mol. The first-order valence-corrected chi connectivity index (χ1v) is 9.66. The molecule has 4 rings (SSSR count). The van der Waals surface area contributed by atoms with Gasteiger partial charge in [0.05, 0.1) is 0 Å². The largest absolute Gasteiger partial charge is 0.356 e. The zero-order valence-corrected chi connectivity index (χ0v) is 15.2. The highest BCUT2D eigenvalue weighted by atomic mass is 35.5. The van der Waals surface area contributed by atoms with Crippen molar-refractivity contribution in [3.05, 3.63) is 57.9 Å². The highest BCUT2D eigenvalue weighted by molar-refractivity contribution is 7.08. The number of piperidine rings is 1. The molecule has 1 aromatic carbocycles. The van der Waals surface area contributed by atoms with Gasteiger partial charge in [0, 0.05) is 35.5 Å². The number of amides is 1. The van der Waals surface area contributed by atoms with Crippen molar-refractivity contribution in [1.29, 1.82) is 0 Å². The summed E-state index contributed by atoms with van der Waals surface area (Å²) >= 11 is 7.88. The molecule has 128 valence electrons. The Morgan fingerprint density at radius 3 is 2.80 bits per heavy atom. The van der Waals surface area contributed by atoms with Gasteiger partial charge in [-0.3, -0.25) is 4.79 Å². The molecule has 1 N–H and O–H groups in total. The van der Waals surface area contributed by atoms with Gasteiger partial charge in [0.15, 0.2) is 0 Å². The number of fused-ring (bicyclic) bond motifs is 1. The van der Waals surface area contributed by atoms with E-state index in [0.29, 0.717) is 5.15 Å². The van der Waals surface area contributed by atoms with Gasteiger partial charge in [0.1, 0.15) is 11.0 Å². The minimum atomic E-state index is 0.0200. The molecule has 0 radical (unpaired) electrons. The summed E-state index contributed by atoms with van der Waals surface area (Å²) in [6.45, 7) is 1.71. The molecule has 2 aromatic heterocycles. The molecule has 1 saturated heterocycles. The van der Waals surface area contributed by atoms with Crippen molar-refractivity contribution in [2.45, 2.75) is 18.9 Å². The molecular formula is C19H18ClN3OS. The molecule has 3 aromatic rings. The maximum atomic E-state index is 12.2. The minimum Gasteiger partial charge on any atom is -0.356 e. The minimum absolute atomic E-state index is 0.0200. The summed E-state index contributed by atoms with van der Waals surface area (Å²) in [6.07, 6.45) is 1.81. The second-order valence-corrected chi connectivity index (χ2v) is 7.38. The van der Waals surface area contributed by atoms with Crippen LogP contribution >= 0.6 is 22.9 Å². The van der Waals surface area contributed by atoms with Gasteiger partial charge < -0.3 is 10.2 Å². The Hall–Kier alpha value is -2.11. The molecule has 0 spiro atoms. The van der Waals surface area contributed by atoms with E-state index in [4.69, 9.17) is 11.6 Å². The molecule has 1 amide bonds. The van der Waals surface area contributed by atoms with Crippen molar-refractivity contribution >= 4 is 45.4 Å². The molecule has 0 atom stereocenters. The molecule has 1 aliphatic heterocycles. The lowest BCUT2D eigenvalue weighted by atomic mass is 10.0. The van der Waals surface area contributed by atoms with Gasteiger partial charge in [-0.2, -0.15) is 11.3 Å². The Morgan fingerprint density at radius 2 is 2.04 bits per heavy atom. The van der Waals surface area contributed by atoms with Crippen LogP contribution in [0.2, 0.25) is 5.15 Å². The van der Waals surface area contributed by atoms with E-state index in [0.717, 1.165) is 48.1 Å². The molecule has 0 unspecified atom stereocenters. The van der Waals surface area contributed by atoms with E-state index in [1.807, 2.05) is 35.0 Å². The number of thiophene rings is 1. The summed E-state index contributed by atoms with van der Waals surface area (Å²) in [7, 11) is 0. The molecule has 1 fully saturated rings. The molecule has 0 saturated carbocycles. The quantitative estimate of drug-likeness (QED) is 0.696. The van der Waals surface area contributed by atoms with Crippen LogP contribution in [0.5, 0.6) is 0 Å². The second-order valence-electron chi connectivity index (χ2n) is 6.24. The van der Waals surface area contributed by atoms with Crippen molar-refractivity contribution in [2.75, 3.05) is 18.0 Å². The molecule has 6 heteroatoms. The fraction of sp³-hybridized carbons (Fsp3) is 0.263. The van der Waals surface area contributed by atoms with Crippen molar-refractivity contribution in [2.24, 2.45) is 0 Å². The van der Waals surface area contributed by atoms with Crippen LogP contribution in [-0.2, 0) is 0 Å². The summed E-state index contributed by atoms with van der Waals surface area (Å²) in [4.78, 5) is 19.0. The van der Waals surface area contributed by atoms with Gasteiger partial charge in [0.2, 0.25) is 0 Å². The van der Waals surface area contributed by atoms with E-state index < -0.39 is 0 Å². The van der Waals surface area contributed by atoms with Gasteiger partial charge in [-0.15, -0.1) is 0 Å². The number of halogens is 1. The molecule has 4 nitrogen and oxygen atoms in total. The molecular weight excluding hydrogens is 354 g/mol. The summed E-state index contributed by atoms with van der Waals surface area (Å²) in [5.41, 5.74) is 0.746. The lowest BCUT2D eigenvalue weighted by Crippen LogP contribution is -2.44. The van der Waals surface area contributed by atoms with Crippen LogP contribution in [-0.4, -0.2) is 30.0 Å².